The maximum atomic E-state index is 10.1. The molecule has 0 spiro atoms. The van der Waals surface area contributed by atoms with Crippen LogP contribution in [-0.2, 0) is 0 Å². The van der Waals surface area contributed by atoms with E-state index in [-0.39, 0.29) is 17.8 Å². The van der Waals surface area contributed by atoms with Crippen molar-refractivity contribution in [1.82, 2.24) is 14.8 Å². The number of aromatic nitrogens is 1. The summed E-state index contributed by atoms with van der Waals surface area (Å²) >= 11 is 4.88. The van der Waals surface area contributed by atoms with Crippen molar-refractivity contribution < 1.29 is 10.2 Å². The smallest absolute Gasteiger partial charge is 0.256 e. The summed E-state index contributed by atoms with van der Waals surface area (Å²) in [5.74, 6) is 1.07. The lowest BCUT2D eigenvalue weighted by molar-refractivity contribution is 0.0405. The number of benzene rings is 1. The summed E-state index contributed by atoms with van der Waals surface area (Å²) in [6, 6.07) is 8.76. The molecule has 2 aliphatic heterocycles. The van der Waals surface area contributed by atoms with Gasteiger partial charge in [0.2, 0.25) is 0 Å². The largest absolute Gasteiger partial charge is 0.487 e. The molecule has 146 valence electrons. The Kier molecular flexibility index (Phi) is 5.66. The molecule has 0 aliphatic carbocycles. The molecular weight excluding hydrogens is 358 g/mol. The predicted octanol–water partition coefficient (Wildman–Crippen LogP) is 3.26. The number of fused-ring (bicyclic) bond motifs is 1. The molecule has 0 radical (unpaired) electrons. The number of thiocarbonyl (C=S) groups is 1. The number of hydrogen-bond acceptors (Lipinski definition) is 3. The molecule has 1 aromatic carbocycles. The molecule has 3 N–H and O–H groups in total. The van der Waals surface area contributed by atoms with Gasteiger partial charge in [0.25, 0.3) is 5.17 Å². The first kappa shape index (κ1) is 18.7. The fourth-order valence-corrected chi connectivity index (χ4v) is 5.19. The summed E-state index contributed by atoms with van der Waals surface area (Å²) in [5.41, 5.74) is 2.66. The second-order valence-corrected chi connectivity index (χ2v) is 8.32. The number of piperidine rings is 2. The number of aliphatic hydroxyl groups excluding tert-OH is 2. The third-order valence-electron chi connectivity index (χ3n) is 6.60. The lowest BCUT2D eigenvalue weighted by Gasteiger charge is -2.43. The van der Waals surface area contributed by atoms with Crippen molar-refractivity contribution in [3.8, 4) is 0 Å². The number of nitrogens with one attached hydrogen (secondary N) is 1. The van der Waals surface area contributed by atoms with E-state index in [9.17, 15) is 10.2 Å². The quantitative estimate of drug-likeness (QED) is 0.703. The molecule has 2 fully saturated rings. The third kappa shape index (κ3) is 3.84. The monoisotopic (exact) mass is 387 g/mol. The number of likely N-dealkylation sites (tertiary alicyclic amines) is 2. The summed E-state index contributed by atoms with van der Waals surface area (Å²) in [4.78, 5) is 7.76. The number of para-hydroxylation sites is 1. The fraction of sp³-hybridized carbons (Fsp3) is 0.571. The van der Waals surface area contributed by atoms with Crippen molar-refractivity contribution in [3.05, 3.63) is 36.0 Å². The van der Waals surface area contributed by atoms with Crippen LogP contribution >= 0.6 is 12.2 Å². The molecule has 2 saturated heterocycles. The van der Waals surface area contributed by atoms with Crippen molar-refractivity contribution in [2.75, 3.05) is 32.8 Å². The van der Waals surface area contributed by atoms with Gasteiger partial charge in [-0.2, -0.15) is 0 Å². The van der Waals surface area contributed by atoms with Gasteiger partial charge in [-0.25, -0.2) is 0 Å². The van der Waals surface area contributed by atoms with Crippen LogP contribution in [0.2, 0.25) is 0 Å². The molecular formula is C21H29N3O2S. The number of nitrogens with zero attached hydrogens (tertiary/aromatic N) is 2. The van der Waals surface area contributed by atoms with Gasteiger partial charge in [0, 0.05) is 36.2 Å². The zero-order valence-electron chi connectivity index (χ0n) is 15.7. The molecule has 6 heteroatoms. The van der Waals surface area contributed by atoms with Crippen LogP contribution in [0, 0.1) is 5.92 Å². The van der Waals surface area contributed by atoms with E-state index in [1.54, 1.807) is 0 Å². The van der Waals surface area contributed by atoms with Gasteiger partial charge in [0.05, 0.1) is 6.61 Å². The first-order valence-electron chi connectivity index (χ1n) is 10.1. The maximum absolute atomic E-state index is 10.1. The molecule has 1 unspecified atom stereocenters. The minimum absolute atomic E-state index is 0.00791. The molecule has 1 atom stereocenters. The Morgan fingerprint density at radius 3 is 2.48 bits per heavy atom. The van der Waals surface area contributed by atoms with Crippen LogP contribution in [0.5, 0.6) is 0 Å². The Balaban J connectivity index is 1.37. The average molecular weight is 388 g/mol. The van der Waals surface area contributed by atoms with Crippen LogP contribution in [0.4, 0.5) is 0 Å². The van der Waals surface area contributed by atoms with Gasteiger partial charge < -0.3 is 20.1 Å². The number of aromatic amines is 1. The third-order valence-corrected chi connectivity index (χ3v) is 6.86. The highest BCUT2D eigenvalue weighted by Gasteiger charge is 2.33. The van der Waals surface area contributed by atoms with Gasteiger partial charge in [-0.05, 0) is 74.5 Å². The second kappa shape index (κ2) is 8.17. The summed E-state index contributed by atoms with van der Waals surface area (Å²) in [7, 11) is 0. The van der Waals surface area contributed by atoms with E-state index in [4.69, 9.17) is 12.2 Å². The van der Waals surface area contributed by atoms with E-state index < -0.39 is 0 Å². The standard InChI is InChI=1S/C21H29N3O2S/c25-14-20(16-7-11-24(12-8-16)21(26)27)23-9-5-15(6-10-23)18-13-22-19-4-2-1-3-17(18)19/h1-4,13,15-16,20,22,25H,5-12,14H2,(H,26,27). The van der Waals surface area contributed by atoms with Crippen LogP contribution in [-0.4, -0.2) is 69.0 Å². The molecule has 4 rings (SSSR count). The number of rotatable bonds is 4. The van der Waals surface area contributed by atoms with E-state index in [2.05, 4.69) is 40.3 Å². The van der Waals surface area contributed by atoms with E-state index in [0.29, 0.717) is 11.8 Å². The Hall–Kier alpha value is -1.63. The minimum Gasteiger partial charge on any atom is -0.487 e. The molecule has 5 nitrogen and oxygen atoms in total. The predicted molar refractivity (Wildman–Crippen MR) is 112 cm³/mol. The van der Waals surface area contributed by atoms with Gasteiger partial charge >= 0.3 is 0 Å². The first-order valence-corrected chi connectivity index (χ1v) is 10.5. The summed E-state index contributed by atoms with van der Waals surface area (Å²) in [6.07, 6.45) is 6.42. The zero-order chi connectivity index (χ0) is 18.8. The highest BCUT2D eigenvalue weighted by atomic mass is 32.1. The fourth-order valence-electron chi connectivity index (χ4n) is 5.01. The van der Waals surface area contributed by atoms with E-state index in [1.165, 1.54) is 16.5 Å². The Labute approximate surface area is 166 Å². The van der Waals surface area contributed by atoms with E-state index >= 15 is 0 Å². The summed E-state index contributed by atoms with van der Waals surface area (Å²) < 4.78 is 0. The van der Waals surface area contributed by atoms with Gasteiger partial charge in [-0.3, -0.25) is 4.90 Å². The molecule has 2 aromatic rings. The van der Waals surface area contributed by atoms with Crippen molar-refractivity contribution in [2.45, 2.75) is 37.6 Å². The number of hydrogen-bond donors (Lipinski definition) is 3. The van der Waals surface area contributed by atoms with Gasteiger partial charge in [0.15, 0.2) is 0 Å². The average Bonchev–Trinajstić information content (AvgIpc) is 3.14. The van der Waals surface area contributed by atoms with Gasteiger partial charge in [-0.15, -0.1) is 0 Å². The molecule has 0 bridgehead atoms. The van der Waals surface area contributed by atoms with E-state index in [1.807, 2.05) is 4.90 Å². The van der Waals surface area contributed by atoms with Crippen molar-refractivity contribution in [2.24, 2.45) is 5.92 Å². The Morgan fingerprint density at radius 1 is 1.11 bits per heavy atom. The summed E-state index contributed by atoms with van der Waals surface area (Å²) in [5, 5.41) is 20.9. The van der Waals surface area contributed by atoms with Crippen molar-refractivity contribution in [3.63, 3.8) is 0 Å². The highest BCUT2D eigenvalue weighted by molar-refractivity contribution is 7.79. The lowest BCUT2D eigenvalue weighted by Crippen LogP contribution is -2.50. The van der Waals surface area contributed by atoms with Gasteiger partial charge in [0.1, 0.15) is 0 Å². The highest BCUT2D eigenvalue weighted by Crippen LogP contribution is 2.35. The van der Waals surface area contributed by atoms with Crippen LogP contribution in [0.1, 0.15) is 37.2 Å². The topological polar surface area (TPSA) is 62.7 Å². The normalized spacial score (nSPS) is 21.6. The maximum Gasteiger partial charge on any atom is 0.256 e. The number of aliphatic hydroxyl groups is 2. The number of H-pyrrole nitrogens is 1. The molecule has 0 amide bonds. The SMILES string of the molecule is OCC(C1CCN(C(O)=S)CC1)N1CCC(c2c[nH]c3ccccc23)CC1. The zero-order valence-corrected chi connectivity index (χ0v) is 16.5. The van der Waals surface area contributed by atoms with Gasteiger partial charge in [-0.1, -0.05) is 18.2 Å². The van der Waals surface area contributed by atoms with Crippen molar-refractivity contribution >= 4 is 28.3 Å². The molecule has 3 heterocycles. The van der Waals surface area contributed by atoms with Crippen molar-refractivity contribution in [1.29, 1.82) is 0 Å². The van der Waals surface area contributed by atoms with Crippen LogP contribution in [0.3, 0.4) is 0 Å². The van der Waals surface area contributed by atoms with Crippen LogP contribution in [0.15, 0.2) is 30.5 Å². The lowest BCUT2D eigenvalue weighted by atomic mass is 9.85. The Morgan fingerprint density at radius 2 is 1.81 bits per heavy atom. The second-order valence-electron chi connectivity index (χ2n) is 7.96. The molecule has 27 heavy (non-hydrogen) atoms. The van der Waals surface area contributed by atoms with Crippen LogP contribution < -0.4 is 0 Å². The van der Waals surface area contributed by atoms with E-state index in [0.717, 1.165) is 51.9 Å². The minimum atomic E-state index is 0.00791. The summed E-state index contributed by atoms with van der Waals surface area (Å²) in [6.45, 7) is 3.87. The van der Waals surface area contributed by atoms with Crippen LogP contribution in [0.25, 0.3) is 10.9 Å². The Bertz CT molecular complexity index is 777. The molecule has 0 saturated carbocycles. The first-order chi connectivity index (χ1) is 13.2. The molecule has 2 aliphatic rings. The molecule has 1 aromatic heterocycles.